The lowest BCUT2D eigenvalue weighted by molar-refractivity contribution is 0.127. The van der Waals surface area contributed by atoms with Crippen LogP contribution < -0.4 is 0 Å². The molecule has 0 bridgehead atoms. The van der Waals surface area contributed by atoms with E-state index in [1.54, 1.807) is 18.6 Å². The van der Waals surface area contributed by atoms with E-state index in [9.17, 15) is 5.11 Å². The maximum Gasteiger partial charge on any atom is 0.0978 e. The second-order valence-corrected chi connectivity index (χ2v) is 4.39. The van der Waals surface area contributed by atoms with Gasteiger partial charge in [0.05, 0.1) is 18.0 Å². The second-order valence-electron chi connectivity index (χ2n) is 4.39. The van der Waals surface area contributed by atoms with E-state index in [2.05, 4.69) is 9.97 Å². The molecule has 0 amide bonds. The van der Waals surface area contributed by atoms with E-state index in [-0.39, 0.29) is 0 Å². The number of rotatable bonds is 3. The van der Waals surface area contributed by atoms with Crippen molar-refractivity contribution >= 4 is 0 Å². The van der Waals surface area contributed by atoms with Crippen LogP contribution in [0.2, 0.25) is 0 Å². The molecule has 0 saturated heterocycles. The van der Waals surface area contributed by atoms with E-state index in [1.165, 1.54) is 32.1 Å². The molecule has 1 aromatic rings. The van der Waals surface area contributed by atoms with Crippen LogP contribution in [0.1, 0.15) is 50.3 Å². The van der Waals surface area contributed by atoms with Crippen LogP contribution in [0.3, 0.4) is 0 Å². The van der Waals surface area contributed by atoms with Crippen molar-refractivity contribution in [3.05, 3.63) is 24.3 Å². The molecule has 3 heteroatoms. The zero-order valence-electron chi connectivity index (χ0n) is 8.97. The Morgan fingerprint density at radius 3 is 2.73 bits per heavy atom. The summed E-state index contributed by atoms with van der Waals surface area (Å²) in [4.78, 5) is 8.11. The topological polar surface area (TPSA) is 46.0 Å². The first kappa shape index (κ1) is 10.6. The molecule has 1 aromatic heterocycles. The summed E-state index contributed by atoms with van der Waals surface area (Å²) in [7, 11) is 0. The van der Waals surface area contributed by atoms with Gasteiger partial charge in [0.15, 0.2) is 0 Å². The Hall–Kier alpha value is -0.960. The number of aliphatic hydroxyl groups excluding tert-OH is 1. The van der Waals surface area contributed by atoms with Gasteiger partial charge in [-0.05, 0) is 12.3 Å². The van der Waals surface area contributed by atoms with Crippen LogP contribution in [-0.4, -0.2) is 15.1 Å². The minimum Gasteiger partial charge on any atom is -0.387 e. The van der Waals surface area contributed by atoms with Crippen LogP contribution >= 0.6 is 0 Å². The quantitative estimate of drug-likeness (QED) is 0.826. The molecule has 0 aliphatic heterocycles. The average Bonchev–Trinajstić information content (AvgIpc) is 2.31. The first-order valence-corrected chi connectivity index (χ1v) is 5.80. The van der Waals surface area contributed by atoms with Gasteiger partial charge in [-0.1, -0.05) is 32.1 Å². The highest BCUT2D eigenvalue weighted by Crippen LogP contribution is 2.30. The lowest BCUT2D eigenvalue weighted by Gasteiger charge is -2.23. The molecule has 1 atom stereocenters. The summed E-state index contributed by atoms with van der Waals surface area (Å²) in [6, 6.07) is 0. The lowest BCUT2D eigenvalue weighted by atomic mass is 9.85. The highest BCUT2D eigenvalue weighted by Gasteiger charge is 2.19. The Morgan fingerprint density at radius 1 is 1.27 bits per heavy atom. The third kappa shape index (κ3) is 2.99. The zero-order chi connectivity index (χ0) is 10.5. The summed E-state index contributed by atoms with van der Waals surface area (Å²) >= 11 is 0. The molecular weight excluding hydrogens is 188 g/mol. The fourth-order valence-electron chi connectivity index (χ4n) is 2.34. The molecule has 1 unspecified atom stereocenters. The molecule has 15 heavy (non-hydrogen) atoms. The first-order chi connectivity index (χ1) is 7.36. The van der Waals surface area contributed by atoms with Crippen molar-refractivity contribution in [2.24, 2.45) is 5.92 Å². The van der Waals surface area contributed by atoms with Gasteiger partial charge >= 0.3 is 0 Å². The van der Waals surface area contributed by atoms with Gasteiger partial charge in [0.2, 0.25) is 0 Å². The molecule has 82 valence electrons. The number of aromatic nitrogens is 2. The SMILES string of the molecule is OC(CC1CCCCC1)c1cnccn1. The van der Waals surface area contributed by atoms with E-state index in [0.717, 1.165) is 6.42 Å². The number of hydrogen-bond acceptors (Lipinski definition) is 3. The second kappa shape index (κ2) is 5.21. The zero-order valence-corrected chi connectivity index (χ0v) is 8.97. The molecule has 0 aromatic carbocycles. The summed E-state index contributed by atoms with van der Waals surface area (Å²) in [5, 5.41) is 9.97. The van der Waals surface area contributed by atoms with Crippen LogP contribution in [0.4, 0.5) is 0 Å². The number of aliphatic hydroxyl groups is 1. The molecule has 1 heterocycles. The molecule has 1 fully saturated rings. The van der Waals surface area contributed by atoms with Crippen molar-refractivity contribution in [2.75, 3.05) is 0 Å². The van der Waals surface area contributed by atoms with Crippen molar-refractivity contribution in [3.63, 3.8) is 0 Å². The summed E-state index contributed by atoms with van der Waals surface area (Å²) in [6.45, 7) is 0. The van der Waals surface area contributed by atoms with Crippen molar-refractivity contribution in [3.8, 4) is 0 Å². The van der Waals surface area contributed by atoms with E-state index in [4.69, 9.17) is 0 Å². The standard InChI is InChI=1S/C12H18N2O/c15-12(11-9-13-6-7-14-11)8-10-4-2-1-3-5-10/h6-7,9-10,12,15H,1-5,8H2. The van der Waals surface area contributed by atoms with Crippen LogP contribution in [0.15, 0.2) is 18.6 Å². The Kier molecular flexibility index (Phi) is 3.67. The van der Waals surface area contributed by atoms with Gasteiger partial charge in [-0.3, -0.25) is 9.97 Å². The molecule has 2 rings (SSSR count). The average molecular weight is 206 g/mol. The largest absolute Gasteiger partial charge is 0.387 e. The Balaban J connectivity index is 1.88. The Bertz CT molecular complexity index is 283. The lowest BCUT2D eigenvalue weighted by Crippen LogP contribution is -2.12. The van der Waals surface area contributed by atoms with Crippen LogP contribution in [-0.2, 0) is 0 Å². The highest BCUT2D eigenvalue weighted by molar-refractivity contribution is 4.99. The molecule has 0 radical (unpaired) electrons. The van der Waals surface area contributed by atoms with E-state index in [1.807, 2.05) is 0 Å². The first-order valence-electron chi connectivity index (χ1n) is 5.80. The van der Waals surface area contributed by atoms with Crippen molar-refractivity contribution in [1.82, 2.24) is 9.97 Å². The van der Waals surface area contributed by atoms with Crippen molar-refractivity contribution in [2.45, 2.75) is 44.6 Å². The van der Waals surface area contributed by atoms with Crippen molar-refractivity contribution in [1.29, 1.82) is 0 Å². The minimum absolute atomic E-state index is 0.429. The van der Waals surface area contributed by atoms with Gasteiger partial charge in [0.25, 0.3) is 0 Å². The van der Waals surface area contributed by atoms with E-state index < -0.39 is 6.10 Å². The van der Waals surface area contributed by atoms with Gasteiger partial charge in [-0.15, -0.1) is 0 Å². The fourth-order valence-corrected chi connectivity index (χ4v) is 2.34. The summed E-state index contributed by atoms with van der Waals surface area (Å²) in [5.74, 6) is 0.677. The van der Waals surface area contributed by atoms with Crippen LogP contribution in [0, 0.1) is 5.92 Å². The third-order valence-corrected chi connectivity index (χ3v) is 3.21. The summed E-state index contributed by atoms with van der Waals surface area (Å²) in [5.41, 5.74) is 0.711. The molecule has 0 spiro atoms. The van der Waals surface area contributed by atoms with Gasteiger partial charge in [0, 0.05) is 12.4 Å². The third-order valence-electron chi connectivity index (χ3n) is 3.21. The molecule has 1 N–H and O–H groups in total. The van der Waals surface area contributed by atoms with Gasteiger partial charge < -0.3 is 5.11 Å². The molecule has 3 nitrogen and oxygen atoms in total. The predicted molar refractivity (Wildman–Crippen MR) is 58.2 cm³/mol. The van der Waals surface area contributed by atoms with Gasteiger partial charge in [-0.2, -0.15) is 0 Å². The fraction of sp³-hybridized carbons (Fsp3) is 0.667. The Morgan fingerprint density at radius 2 is 2.07 bits per heavy atom. The molecule has 1 aliphatic carbocycles. The molecule has 1 saturated carbocycles. The van der Waals surface area contributed by atoms with Gasteiger partial charge in [0.1, 0.15) is 0 Å². The molecular formula is C12H18N2O. The maximum atomic E-state index is 9.97. The highest BCUT2D eigenvalue weighted by atomic mass is 16.3. The van der Waals surface area contributed by atoms with Crippen LogP contribution in [0.25, 0.3) is 0 Å². The summed E-state index contributed by atoms with van der Waals surface area (Å²) < 4.78 is 0. The maximum absolute atomic E-state index is 9.97. The minimum atomic E-state index is -0.429. The predicted octanol–water partition coefficient (Wildman–Crippen LogP) is 2.48. The van der Waals surface area contributed by atoms with Gasteiger partial charge in [-0.25, -0.2) is 0 Å². The number of nitrogens with zero attached hydrogens (tertiary/aromatic N) is 2. The van der Waals surface area contributed by atoms with E-state index in [0.29, 0.717) is 11.6 Å². The Labute approximate surface area is 90.6 Å². The van der Waals surface area contributed by atoms with Crippen molar-refractivity contribution < 1.29 is 5.11 Å². The van der Waals surface area contributed by atoms with E-state index >= 15 is 0 Å². The smallest absolute Gasteiger partial charge is 0.0978 e. The number of hydrogen-bond donors (Lipinski definition) is 1. The molecule has 1 aliphatic rings. The summed E-state index contributed by atoms with van der Waals surface area (Å²) in [6.07, 6.45) is 11.9. The van der Waals surface area contributed by atoms with Crippen LogP contribution in [0.5, 0.6) is 0 Å². The monoisotopic (exact) mass is 206 g/mol. The normalized spacial score (nSPS) is 20.1.